The van der Waals surface area contributed by atoms with Crippen molar-refractivity contribution in [2.45, 2.75) is 19.3 Å². The lowest BCUT2D eigenvalue weighted by Crippen LogP contribution is -2.07. The number of aromatic nitrogens is 1. The van der Waals surface area contributed by atoms with E-state index in [2.05, 4.69) is 11.1 Å². The standard InChI is InChI=1S/C11H12N2S2/c12-10(14)6-3-7-11-13-8-4-1-2-5-9(8)15-11/h1-2,4-5H,3,6-7H2,(H2,12,14). The highest BCUT2D eigenvalue weighted by atomic mass is 32.1. The van der Waals surface area contributed by atoms with E-state index in [1.54, 1.807) is 11.3 Å². The third-order valence-corrected chi connectivity index (χ3v) is 3.45. The quantitative estimate of drug-likeness (QED) is 0.830. The van der Waals surface area contributed by atoms with E-state index in [0.29, 0.717) is 4.99 Å². The van der Waals surface area contributed by atoms with E-state index in [0.717, 1.165) is 24.8 Å². The second-order valence-electron chi connectivity index (χ2n) is 3.40. The van der Waals surface area contributed by atoms with Gasteiger partial charge in [-0.2, -0.15) is 0 Å². The summed E-state index contributed by atoms with van der Waals surface area (Å²) in [5.41, 5.74) is 6.54. The molecule has 0 radical (unpaired) electrons. The molecular weight excluding hydrogens is 224 g/mol. The molecule has 0 aliphatic rings. The van der Waals surface area contributed by atoms with Crippen molar-refractivity contribution in [3.8, 4) is 0 Å². The summed E-state index contributed by atoms with van der Waals surface area (Å²) in [5.74, 6) is 0. The Hall–Kier alpha value is -1.00. The second kappa shape index (κ2) is 4.68. The molecule has 1 aromatic heterocycles. The Morgan fingerprint density at radius 1 is 1.40 bits per heavy atom. The van der Waals surface area contributed by atoms with Crippen molar-refractivity contribution in [3.05, 3.63) is 29.3 Å². The Kier molecular flexibility index (Phi) is 3.28. The van der Waals surface area contributed by atoms with Gasteiger partial charge >= 0.3 is 0 Å². The first kappa shape index (κ1) is 10.5. The lowest BCUT2D eigenvalue weighted by atomic mass is 10.2. The molecule has 0 saturated carbocycles. The van der Waals surface area contributed by atoms with Crippen LogP contribution in [0, 0.1) is 0 Å². The molecule has 2 rings (SSSR count). The molecule has 0 amide bonds. The maximum atomic E-state index is 5.45. The molecule has 2 N–H and O–H groups in total. The predicted molar refractivity (Wildman–Crippen MR) is 69.3 cm³/mol. The maximum Gasteiger partial charge on any atom is 0.0938 e. The normalized spacial score (nSPS) is 10.7. The van der Waals surface area contributed by atoms with Gasteiger partial charge < -0.3 is 5.73 Å². The third kappa shape index (κ3) is 2.73. The summed E-state index contributed by atoms with van der Waals surface area (Å²) in [7, 11) is 0. The number of para-hydroxylation sites is 1. The van der Waals surface area contributed by atoms with E-state index in [1.807, 2.05) is 18.2 Å². The van der Waals surface area contributed by atoms with Crippen molar-refractivity contribution in [2.75, 3.05) is 0 Å². The molecule has 1 aromatic carbocycles. The molecule has 2 nitrogen and oxygen atoms in total. The van der Waals surface area contributed by atoms with Gasteiger partial charge in [0, 0.05) is 0 Å². The third-order valence-electron chi connectivity index (χ3n) is 2.15. The van der Waals surface area contributed by atoms with Crippen molar-refractivity contribution >= 4 is 38.8 Å². The van der Waals surface area contributed by atoms with Crippen LogP contribution in [-0.4, -0.2) is 9.97 Å². The van der Waals surface area contributed by atoms with Crippen LogP contribution in [0.4, 0.5) is 0 Å². The van der Waals surface area contributed by atoms with Gasteiger partial charge in [0.15, 0.2) is 0 Å². The largest absolute Gasteiger partial charge is 0.393 e. The van der Waals surface area contributed by atoms with Crippen LogP contribution in [0.5, 0.6) is 0 Å². The van der Waals surface area contributed by atoms with E-state index >= 15 is 0 Å². The first-order chi connectivity index (χ1) is 7.25. The Morgan fingerprint density at radius 2 is 2.20 bits per heavy atom. The van der Waals surface area contributed by atoms with E-state index in [1.165, 1.54) is 9.71 Å². The molecule has 4 heteroatoms. The first-order valence-corrected chi connectivity index (χ1v) is 6.11. The summed E-state index contributed by atoms with van der Waals surface area (Å²) in [6, 6.07) is 8.20. The zero-order valence-electron chi connectivity index (χ0n) is 8.27. The Bertz CT molecular complexity index is 443. The van der Waals surface area contributed by atoms with Crippen LogP contribution in [0.2, 0.25) is 0 Å². The number of fused-ring (bicyclic) bond motifs is 1. The van der Waals surface area contributed by atoms with Crippen LogP contribution >= 0.6 is 23.6 Å². The van der Waals surface area contributed by atoms with Crippen LogP contribution in [-0.2, 0) is 6.42 Å². The molecule has 15 heavy (non-hydrogen) atoms. The zero-order chi connectivity index (χ0) is 10.7. The molecule has 2 aromatic rings. The monoisotopic (exact) mass is 236 g/mol. The fraction of sp³-hybridized carbons (Fsp3) is 0.273. The lowest BCUT2D eigenvalue weighted by Gasteiger charge is -1.94. The molecule has 0 aliphatic carbocycles. The number of hydrogen-bond acceptors (Lipinski definition) is 3. The highest BCUT2D eigenvalue weighted by Gasteiger charge is 2.02. The van der Waals surface area contributed by atoms with Crippen molar-refractivity contribution in [1.29, 1.82) is 0 Å². The van der Waals surface area contributed by atoms with Gasteiger partial charge in [-0.05, 0) is 31.4 Å². The number of benzene rings is 1. The average molecular weight is 236 g/mol. The minimum Gasteiger partial charge on any atom is -0.393 e. The summed E-state index contributed by atoms with van der Waals surface area (Å²) in [6.45, 7) is 0. The van der Waals surface area contributed by atoms with Crippen molar-refractivity contribution in [2.24, 2.45) is 5.73 Å². The Labute approximate surface area is 98.1 Å². The van der Waals surface area contributed by atoms with Crippen molar-refractivity contribution in [3.63, 3.8) is 0 Å². The number of thiazole rings is 1. The Morgan fingerprint density at radius 3 is 2.93 bits per heavy atom. The molecule has 0 unspecified atom stereocenters. The van der Waals surface area contributed by atoms with Crippen LogP contribution in [0.25, 0.3) is 10.2 Å². The molecule has 0 aliphatic heterocycles. The van der Waals surface area contributed by atoms with Crippen molar-refractivity contribution in [1.82, 2.24) is 4.98 Å². The molecule has 1 heterocycles. The van der Waals surface area contributed by atoms with Gasteiger partial charge in [-0.3, -0.25) is 0 Å². The smallest absolute Gasteiger partial charge is 0.0938 e. The van der Waals surface area contributed by atoms with Crippen LogP contribution in [0.15, 0.2) is 24.3 Å². The first-order valence-electron chi connectivity index (χ1n) is 4.88. The van der Waals surface area contributed by atoms with Gasteiger partial charge in [0.25, 0.3) is 0 Å². The van der Waals surface area contributed by atoms with Crippen molar-refractivity contribution < 1.29 is 0 Å². The van der Waals surface area contributed by atoms with Crippen LogP contribution < -0.4 is 5.73 Å². The van der Waals surface area contributed by atoms with E-state index in [4.69, 9.17) is 18.0 Å². The highest BCUT2D eigenvalue weighted by Crippen LogP contribution is 2.22. The lowest BCUT2D eigenvalue weighted by molar-refractivity contribution is 0.862. The molecule has 0 bridgehead atoms. The van der Waals surface area contributed by atoms with Gasteiger partial charge in [0.2, 0.25) is 0 Å². The number of thiocarbonyl (C=S) groups is 1. The van der Waals surface area contributed by atoms with Gasteiger partial charge in [-0.15, -0.1) is 11.3 Å². The zero-order valence-corrected chi connectivity index (χ0v) is 9.90. The van der Waals surface area contributed by atoms with E-state index in [-0.39, 0.29) is 0 Å². The van der Waals surface area contributed by atoms with Gasteiger partial charge in [-0.1, -0.05) is 24.4 Å². The SMILES string of the molecule is NC(=S)CCCc1nc2ccccc2s1. The summed E-state index contributed by atoms with van der Waals surface area (Å²) in [4.78, 5) is 5.14. The summed E-state index contributed by atoms with van der Waals surface area (Å²) in [6.07, 6.45) is 2.77. The highest BCUT2D eigenvalue weighted by molar-refractivity contribution is 7.80. The Balaban J connectivity index is 2.05. The molecule has 78 valence electrons. The molecule has 0 saturated heterocycles. The molecule has 0 atom stereocenters. The fourth-order valence-electron chi connectivity index (χ4n) is 1.44. The number of nitrogens with two attached hydrogens (primary N) is 1. The molecule has 0 fully saturated rings. The number of aryl methyl sites for hydroxylation is 1. The number of rotatable bonds is 4. The topological polar surface area (TPSA) is 38.9 Å². The predicted octanol–water partition coefficient (Wildman–Crippen LogP) is 2.91. The van der Waals surface area contributed by atoms with Crippen LogP contribution in [0.3, 0.4) is 0 Å². The van der Waals surface area contributed by atoms with Gasteiger partial charge in [0.1, 0.15) is 0 Å². The molecular formula is C11H12N2S2. The van der Waals surface area contributed by atoms with Gasteiger partial charge in [-0.25, -0.2) is 4.98 Å². The summed E-state index contributed by atoms with van der Waals surface area (Å²) >= 11 is 6.59. The maximum absolute atomic E-state index is 5.45. The number of hydrogen-bond donors (Lipinski definition) is 1. The van der Waals surface area contributed by atoms with Gasteiger partial charge in [0.05, 0.1) is 20.2 Å². The second-order valence-corrected chi connectivity index (χ2v) is 5.03. The van der Waals surface area contributed by atoms with Crippen LogP contribution in [0.1, 0.15) is 17.8 Å². The average Bonchev–Trinajstić information content (AvgIpc) is 2.59. The van der Waals surface area contributed by atoms with E-state index < -0.39 is 0 Å². The molecule has 0 spiro atoms. The minimum absolute atomic E-state index is 0.594. The summed E-state index contributed by atoms with van der Waals surface area (Å²) in [5, 5.41) is 1.17. The fourth-order valence-corrected chi connectivity index (χ4v) is 2.59. The van der Waals surface area contributed by atoms with E-state index in [9.17, 15) is 0 Å². The summed E-state index contributed by atoms with van der Waals surface area (Å²) < 4.78 is 1.25. The number of nitrogens with zero attached hydrogens (tertiary/aromatic N) is 1. The minimum atomic E-state index is 0.594.